The number of piperidine rings is 1. The van der Waals surface area contributed by atoms with Crippen LogP contribution in [-0.4, -0.2) is 60.5 Å². The summed E-state index contributed by atoms with van der Waals surface area (Å²) >= 11 is 0. The summed E-state index contributed by atoms with van der Waals surface area (Å²) in [5.74, 6) is 0.357. The van der Waals surface area contributed by atoms with Crippen molar-refractivity contribution in [3.05, 3.63) is 0 Å². The van der Waals surface area contributed by atoms with E-state index in [1.54, 1.807) is 0 Å². The third-order valence-corrected chi connectivity index (χ3v) is 4.06. The first kappa shape index (κ1) is 15.3. The van der Waals surface area contributed by atoms with Crippen LogP contribution in [0.4, 0.5) is 0 Å². The third-order valence-electron chi connectivity index (χ3n) is 4.06. The van der Waals surface area contributed by atoms with Gasteiger partial charge in [0.15, 0.2) is 0 Å². The summed E-state index contributed by atoms with van der Waals surface area (Å²) in [4.78, 5) is 27.4. The molecule has 2 saturated heterocycles. The highest BCUT2D eigenvalue weighted by molar-refractivity contribution is 5.80. The molecule has 0 aliphatic carbocycles. The SMILES string of the molecule is CCCOC1CCCN(C(=O)CCN2CCCC2=O)C1. The minimum Gasteiger partial charge on any atom is -0.376 e. The molecule has 2 aliphatic heterocycles. The Balaban J connectivity index is 1.72. The van der Waals surface area contributed by atoms with Gasteiger partial charge < -0.3 is 14.5 Å². The highest BCUT2D eigenvalue weighted by atomic mass is 16.5. The maximum Gasteiger partial charge on any atom is 0.224 e. The van der Waals surface area contributed by atoms with E-state index in [0.29, 0.717) is 25.9 Å². The molecular formula is C15H26N2O3. The lowest BCUT2D eigenvalue weighted by Crippen LogP contribution is -2.44. The quantitative estimate of drug-likeness (QED) is 0.740. The molecule has 1 unspecified atom stereocenters. The van der Waals surface area contributed by atoms with E-state index in [-0.39, 0.29) is 17.9 Å². The maximum absolute atomic E-state index is 12.2. The first-order chi connectivity index (χ1) is 9.70. The van der Waals surface area contributed by atoms with Gasteiger partial charge in [-0.2, -0.15) is 0 Å². The Morgan fingerprint density at radius 3 is 2.90 bits per heavy atom. The summed E-state index contributed by atoms with van der Waals surface area (Å²) in [6.45, 7) is 5.81. The van der Waals surface area contributed by atoms with E-state index in [4.69, 9.17) is 4.74 Å². The maximum atomic E-state index is 12.2. The van der Waals surface area contributed by atoms with Gasteiger partial charge in [-0.15, -0.1) is 0 Å². The smallest absolute Gasteiger partial charge is 0.224 e. The van der Waals surface area contributed by atoms with E-state index >= 15 is 0 Å². The number of likely N-dealkylation sites (tertiary alicyclic amines) is 2. The summed E-state index contributed by atoms with van der Waals surface area (Å²) in [5, 5.41) is 0. The number of amides is 2. The van der Waals surface area contributed by atoms with E-state index in [0.717, 1.165) is 45.4 Å². The highest BCUT2D eigenvalue weighted by Gasteiger charge is 2.25. The summed E-state index contributed by atoms with van der Waals surface area (Å²) < 4.78 is 5.75. The van der Waals surface area contributed by atoms with Crippen LogP contribution in [0.2, 0.25) is 0 Å². The molecular weight excluding hydrogens is 256 g/mol. The standard InChI is InChI=1S/C15H26N2O3/c1-2-11-20-13-5-3-9-17(12-13)15(19)7-10-16-8-4-6-14(16)18/h13H,2-12H2,1H3. The second kappa shape index (κ2) is 7.62. The molecule has 1 atom stereocenters. The predicted octanol–water partition coefficient (Wildman–Crippen LogP) is 1.42. The lowest BCUT2D eigenvalue weighted by Gasteiger charge is -2.33. The van der Waals surface area contributed by atoms with Gasteiger partial charge in [0.25, 0.3) is 0 Å². The van der Waals surface area contributed by atoms with Gasteiger partial charge in [0.05, 0.1) is 6.10 Å². The van der Waals surface area contributed by atoms with Crippen molar-refractivity contribution in [3.8, 4) is 0 Å². The molecule has 2 amide bonds. The van der Waals surface area contributed by atoms with Gasteiger partial charge in [-0.1, -0.05) is 6.92 Å². The largest absolute Gasteiger partial charge is 0.376 e. The van der Waals surface area contributed by atoms with Crippen LogP contribution in [0, 0.1) is 0 Å². The Morgan fingerprint density at radius 1 is 1.35 bits per heavy atom. The fraction of sp³-hybridized carbons (Fsp3) is 0.867. The zero-order valence-corrected chi connectivity index (χ0v) is 12.5. The van der Waals surface area contributed by atoms with Crippen molar-refractivity contribution in [3.63, 3.8) is 0 Å². The minimum absolute atomic E-state index is 0.162. The Labute approximate surface area is 121 Å². The van der Waals surface area contributed by atoms with Crippen molar-refractivity contribution in [2.45, 2.75) is 51.6 Å². The van der Waals surface area contributed by atoms with Crippen molar-refractivity contribution < 1.29 is 14.3 Å². The minimum atomic E-state index is 0.162. The average Bonchev–Trinajstić information content (AvgIpc) is 2.88. The van der Waals surface area contributed by atoms with Crippen molar-refractivity contribution >= 4 is 11.8 Å². The Kier molecular flexibility index (Phi) is 5.83. The summed E-state index contributed by atoms with van der Waals surface area (Å²) in [5.41, 5.74) is 0. The predicted molar refractivity (Wildman–Crippen MR) is 76.3 cm³/mol. The zero-order chi connectivity index (χ0) is 14.4. The van der Waals surface area contributed by atoms with E-state index in [2.05, 4.69) is 6.92 Å². The summed E-state index contributed by atoms with van der Waals surface area (Å²) in [6, 6.07) is 0. The van der Waals surface area contributed by atoms with Crippen LogP contribution in [-0.2, 0) is 14.3 Å². The molecule has 0 spiro atoms. The molecule has 2 heterocycles. The fourth-order valence-electron chi connectivity index (χ4n) is 2.91. The normalized spacial score (nSPS) is 23.4. The molecule has 0 aromatic rings. The number of hydrogen-bond donors (Lipinski definition) is 0. The Bertz CT molecular complexity index is 346. The van der Waals surface area contributed by atoms with Gasteiger partial charge >= 0.3 is 0 Å². The number of hydrogen-bond acceptors (Lipinski definition) is 3. The zero-order valence-electron chi connectivity index (χ0n) is 12.5. The van der Waals surface area contributed by atoms with Crippen LogP contribution in [0.5, 0.6) is 0 Å². The van der Waals surface area contributed by atoms with E-state index in [1.165, 1.54) is 0 Å². The molecule has 20 heavy (non-hydrogen) atoms. The molecule has 2 aliphatic rings. The molecule has 5 nitrogen and oxygen atoms in total. The van der Waals surface area contributed by atoms with Crippen molar-refractivity contribution in [2.24, 2.45) is 0 Å². The molecule has 0 radical (unpaired) electrons. The van der Waals surface area contributed by atoms with Crippen molar-refractivity contribution in [1.29, 1.82) is 0 Å². The first-order valence-electron chi connectivity index (χ1n) is 7.88. The lowest BCUT2D eigenvalue weighted by molar-refractivity contribution is -0.136. The van der Waals surface area contributed by atoms with Crippen molar-refractivity contribution in [2.75, 3.05) is 32.8 Å². The Morgan fingerprint density at radius 2 is 2.20 bits per heavy atom. The molecule has 0 N–H and O–H groups in total. The second-order valence-electron chi connectivity index (χ2n) is 5.71. The fourth-order valence-corrected chi connectivity index (χ4v) is 2.91. The van der Waals surface area contributed by atoms with Crippen LogP contribution < -0.4 is 0 Å². The number of carbonyl (C=O) groups is 2. The second-order valence-corrected chi connectivity index (χ2v) is 5.71. The number of rotatable bonds is 6. The van der Waals surface area contributed by atoms with Crippen LogP contribution in [0.25, 0.3) is 0 Å². The van der Waals surface area contributed by atoms with Gasteiger partial charge in [0.1, 0.15) is 0 Å². The molecule has 114 valence electrons. The molecule has 0 aromatic carbocycles. The number of nitrogens with zero attached hydrogens (tertiary/aromatic N) is 2. The molecule has 2 fully saturated rings. The van der Waals surface area contributed by atoms with E-state index < -0.39 is 0 Å². The van der Waals surface area contributed by atoms with E-state index in [1.807, 2.05) is 9.80 Å². The topological polar surface area (TPSA) is 49.9 Å². The van der Waals surface area contributed by atoms with Gasteiger partial charge in [0.2, 0.25) is 11.8 Å². The number of ether oxygens (including phenoxy) is 1. The van der Waals surface area contributed by atoms with Crippen LogP contribution >= 0.6 is 0 Å². The van der Waals surface area contributed by atoms with Gasteiger partial charge in [0, 0.05) is 45.6 Å². The van der Waals surface area contributed by atoms with Crippen LogP contribution in [0.15, 0.2) is 0 Å². The Hall–Kier alpha value is -1.10. The summed E-state index contributed by atoms with van der Waals surface area (Å²) in [6.07, 6.45) is 5.31. The third kappa shape index (κ3) is 4.20. The number of carbonyl (C=O) groups excluding carboxylic acids is 2. The van der Waals surface area contributed by atoms with E-state index in [9.17, 15) is 9.59 Å². The van der Waals surface area contributed by atoms with Gasteiger partial charge in [-0.05, 0) is 25.7 Å². The molecule has 0 aromatic heterocycles. The molecule has 2 rings (SSSR count). The van der Waals surface area contributed by atoms with Crippen molar-refractivity contribution in [1.82, 2.24) is 9.80 Å². The molecule has 0 bridgehead atoms. The molecule has 0 saturated carbocycles. The van der Waals surface area contributed by atoms with Gasteiger partial charge in [-0.25, -0.2) is 0 Å². The highest BCUT2D eigenvalue weighted by Crippen LogP contribution is 2.15. The van der Waals surface area contributed by atoms with Gasteiger partial charge in [-0.3, -0.25) is 9.59 Å². The molecule has 5 heteroatoms. The monoisotopic (exact) mass is 282 g/mol. The average molecular weight is 282 g/mol. The lowest BCUT2D eigenvalue weighted by atomic mass is 10.1. The van der Waals surface area contributed by atoms with Crippen LogP contribution in [0.3, 0.4) is 0 Å². The van der Waals surface area contributed by atoms with Crippen LogP contribution in [0.1, 0.15) is 45.4 Å². The summed E-state index contributed by atoms with van der Waals surface area (Å²) in [7, 11) is 0. The first-order valence-corrected chi connectivity index (χ1v) is 7.88.